The minimum atomic E-state index is -3.18. The highest BCUT2D eigenvalue weighted by Crippen LogP contribution is 1.83. The number of rotatable bonds is 10. The van der Waals surface area contributed by atoms with E-state index in [-0.39, 0.29) is 24.8 Å². The largest absolute Gasteiger partial charge is 0.384 e. The third kappa shape index (κ3) is 12.2. The van der Waals surface area contributed by atoms with Crippen molar-refractivity contribution in [3.63, 3.8) is 0 Å². The van der Waals surface area contributed by atoms with Crippen molar-refractivity contribution < 1.29 is 17.9 Å². The molecule has 0 atom stereocenters. The zero-order chi connectivity index (χ0) is 11.6. The van der Waals surface area contributed by atoms with Crippen molar-refractivity contribution in [1.82, 2.24) is 10.0 Å². The number of halogens is 1. The quantitative estimate of drug-likeness (QED) is 0.512. The average molecular weight is 277 g/mol. The highest BCUT2D eigenvalue weighted by molar-refractivity contribution is 7.89. The summed E-state index contributed by atoms with van der Waals surface area (Å²) in [7, 11) is -0.0885. The van der Waals surface area contributed by atoms with Crippen LogP contribution in [0.2, 0.25) is 0 Å². The molecule has 0 aliphatic heterocycles. The van der Waals surface area contributed by atoms with Crippen molar-refractivity contribution in [2.75, 3.05) is 52.8 Å². The number of hydrogen-bond donors (Lipinski definition) is 2. The van der Waals surface area contributed by atoms with Gasteiger partial charge in [-0.1, -0.05) is 0 Å². The maximum absolute atomic E-state index is 11.2. The molecule has 0 aromatic rings. The summed E-state index contributed by atoms with van der Waals surface area (Å²) in [6, 6.07) is 0. The Morgan fingerprint density at radius 1 is 1.00 bits per heavy atom. The molecule has 2 N–H and O–H groups in total. The molecule has 0 aromatic heterocycles. The summed E-state index contributed by atoms with van der Waals surface area (Å²) in [6.07, 6.45) is 0. The first-order valence-electron chi connectivity index (χ1n) is 4.78. The first-order chi connectivity index (χ1) is 7.12. The summed E-state index contributed by atoms with van der Waals surface area (Å²) in [5.74, 6) is 0.00156. The van der Waals surface area contributed by atoms with E-state index in [0.717, 1.165) is 6.54 Å². The first-order valence-corrected chi connectivity index (χ1v) is 6.43. The molecule has 0 saturated heterocycles. The Labute approximate surface area is 104 Å². The monoisotopic (exact) mass is 276 g/mol. The molecule has 0 saturated carbocycles. The fourth-order valence-corrected chi connectivity index (χ4v) is 1.80. The van der Waals surface area contributed by atoms with Gasteiger partial charge >= 0.3 is 0 Å². The Bertz CT molecular complexity index is 236. The summed E-state index contributed by atoms with van der Waals surface area (Å²) >= 11 is 0. The van der Waals surface area contributed by atoms with Crippen LogP contribution in [0.4, 0.5) is 0 Å². The fraction of sp³-hybridized carbons (Fsp3) is 1.00. The standard InChI is InChI=1S/C8H20N2O4S.ClH/c1-13-6-5-9-3-4-10-15(11,12)8-7-14-2;/h9-10H,3-8H2,1-2H3;1H. The van der Waals surface area contributed by atoms with Crippen molar-refractivity contribution >= 4 is 22.4 Å². The highest BCUT2D eigenvalue weighted by atomic mass is 35.5. The van der Waals surface area contributed by atoms with Crippen LogP contribution in [-0.2, 0) is 19.5 Å². The van der Waals surface area contributed by atoms with E-state index in [1.54, 1.807) is 7.11 Å². The van der Waals surface area contributed by atoms with Gasteiger partial charge in [0.25, 0.3) is 0 Å². The predicted molar refractivity (Wildman–Crippen MR) is 65.7 cm³/mol. The summed E-state index contributed by atoms with van der Waals surface area (Å²) in [4.78, 5) is 0. The molecule has 0 amide bonds. The van der Waals surface area contributed by atoms with Crippen molar-refractivity contribution in [3.05, 3.63) is 0 Å². The van der Waals surface area contributed by atoms with Crippen LogP contribution in [0.25, 0.3) is 0 Å². The second-order valence-electron chi connectivity index (χ2n) is 2.95. The van der Waals surface area contributed by atoms with Gasteiger partial charge in [-0.05, 0) is 0 Å². The summed E-state index contributed by atoms with van der Waals surface area (Å²) in [5.41, 5.74) is 0. The number of ether oxygens (including phenoxy) is 2. The molecule has 6 nitrogen and oxygen atoms in total. The number of nitrogens with one attached hydrogen (secondary N) is 2. The molecule has 0 aliphatic carbocycles. The third-order valence-electron chi connectivity index (χ3n) is 1.66. The van der Waals surface area contributed by atoms with Crippen molar-refractivity contribution in [1.29, 1.82) is 0 Å². The zero-order valence-corrected chi connectivity index (χ0v) is 11.3. The lowest BCUT2D eigenvalue weighted by Crippen LogP contribution is -2.35. The predicted octanol–water partition coefficient (Wildman–Crippen LogP) is -0.790. The van der Waals surface area contributed by atoms with Crippen molar-refractivity contribution in [2.45, 2.75) is 0 Å². The van der Waals surface area contributed by atoms with Gasteiger partial charge < -0.3 is 14.8 Å². The first kappa shape index (κ1) is 18.4. The second-order valence-corrected chi connectivity index (χ2v) is 4.88. The Hall–Kier alpha value is 0.0800. The minimum Gasteiger partial charge on any atom is -0.384 e. The lowest BCUT2D eigenvalue weighted by molar-refractivity contribution is 0.199. The third-order valence-corrected chi connectivity index (χ3v) is 3.01. The normalized spacial score (nSPS) is 11.1. The summed E-state index contributed by atoms with van der Waals surface area (Å²) < 4.78 is 34.4. The topological polar surface area (TPSA) is 76.7 Å². The molecule has 0 fully saturated rings. The number of methoxy groups -OCH3 is 2. The molecule has 0 spiro atoms. The van der Waals surface area contributed by atoms with Crippen molar-refractivity contribution in [2.24, 2.45) is 0 Å². The fourth-order valence-electron chi connectivity index (χ4n) is 0.859. The Balaban J connectivity index is 0. The maximum atomic E-state index is 11.2. The average Bonchev–Trinajstić information content (AvgIpc) is 2.20. The van der Waals surface area contributed by atoms with E-state index >= 15 is 0 Å². The van der Waals surface area contributed by atoms with E-state index in [4.69, 9.17) is 4.74 Å². The minimum absolute atomic E-state index is 0. The van der Waals surface area contributed by atoms with Crippen LogP contribution >= 0.6 is 12.4 Å². The molecule has 16 heavy (non-hydrogen) atoms. The van der Waals surface area contributed by atoms with Crippen LogP contribution in [0.1, 0.15) is 0 Å². The van der Waals surface area contributed by atoms with Crippen LogP contribution in [0.3, 0.4) is 0 Å². The number of sulfonamides is 1. The van der Waals surface area contributed by atoms with E-state index in [1.165, 1.54) is 7.11 Å². The Morgan fingerprint density at radius 3 is 2.19 bits per heavy atom. The second kappa shape index (κ2) is 11.6. The van der Waals surface area contributed by atoms with E-state index < -0.39 is 10.0 Å². The van der Waals surface area contributed by atoms with Crippen LogP contribution in [-0.4, -0.2) is 61.2 Å². The lowest BCUT2D eigenvalue weighted by Gasteiger charge is -2.06. The molecule has 0 rings (SSSR count). The molecular weight excluding hydrogens is 256 g/mol. The Kier molecular flexibility index (Phi) is 13.3. The molecule has 0 aromatic carbocycles. The van der Waals surface area contributed by atoms with Gasteiger partial charge in [-0.25, -0.2) is 13.1 Å². The zero-order valence-electron chi connectivity index (χ0n) is 9.69. The van der Waals surface area contributed by atoms with Gasteiger partial charge in [0.15, 0.2) is 0 Å². The van der Waals surface area contributed by atoms with E-state index in [0.29, 0.717) is 19.7 Å². The molecule has 0 unspecified atom stereocenters. The van der Waals surface area contributed by atoms with Gasteiger partial charge in [0.1, 0.15) is 0 Å². The Morgan fingerprint density at radius 2 is 1.62 bits per heavy atom. The van der Waals surface area contributed by atoms with Crippen LogP contribution in [0.5, 0.6) is 0 Å². The molecule has 100 valence electrons. The van der Waals surface area contributed by atoms with Crippen LogP contribution in [0.15, 0.2) is 0 Å². The van der Waals surface area contributed by atoms with Gasteiger partial charge in [0.2, 0.25) is 10.0 Å². The highest BCUT2D eigenvalue weighted by Gasteiger charge is 2.07. The molecule has 0 heterocycles. The molecular formula is C8H21ClN2O4S. The molecule has 0 bridgehead atoms. The van der Waals surface area contributed by atoms with Crippen LogP contribution in [0, 0.1) is 0 Å². The van der Waals surface area contributed by atoms with Gasteiger partial charge in [-0.15, -0.1) is 12.4 Å². The molecule has 0 aliphatic rings. The van der Waals surface area contributed by atoms with E-state index in [9.17, 15) is 8.42 Å². The summed E-state index contributed by atoms with van der Waals surface area (Å²) in [5, 5.41) is 3.03. The van der Waals surface area contributed by atoms with Gasteiger partial charge in [-0.3, -0.25) is 0 Å². The maximum Gasteiger partial charge on any atom is 0.213 e. The smallest absolute Gasteiger partial charge is 0.213 e. The van der Waals surface area contributed by atoms with E-state index in [1.807, 2.05) is 0 Å². The number of hydrogen-bond acceptors (Lipinski definition) is 5. The van der Waals surface area contributed by atoms with Crippen LogP contribution < -0.4 is 10.0 Å². The van der Waals surface area contributed by atoms with Gasteiger partial charge in [0.05, 0.1) is 19.0 Å². The van der Waals surface area contributed by atoms with Gasteiger partial charge in [-0.2, -0.15) is 0 Å². The SMILES string of the molecule is COCCNCCNS(=O)(=O)CCOC.Cl. The van der Waals surface area contributed by atoms with Crippen molar-refractivity contribution in [3.8, 4) is 0 Å². The van der Waals surface area contributed by atoms with Gasteiger partial charge in [0, 0.05) is 33.9 Å². The van der Waals surface area contributed by atoms with E-state index in [2.05, 4.69) is 14.8 Å². The summed E-state index contributed by atoms with van der Waals surface area (Å²) in [6.45, 7) is 2.53. The molecule has 0 radical (unpaired) electrons. The lowest BCUT2D eigenvalue weighted by atomic mass is 10.6. The molecule has 8 heteroatoms.